The van der Waals surface area contributed by atoms with Gasteiger partial charge in [-0.3, -0.25) is 9.36 Å². The molecule has 43 heavy (non-hydrogen) atoms. The Morgan fingerprint density at radius 3 is 2.35 bits per heavy atom. The van der Waals surface area contributed by atoms with Gasteiger partial charge in [-0.2, -0.15) is 0 Å². The quantitative estimate of drug-likeness (QED) is 0.259. The summed E-state index contributed by atoms with van der Waals surface area (Å²) in [5.41, 5.74) is 7.82. The van der Waals surface area contributed by atoms with Crippen LogP contribution in [0.25, 0.3) is 11.8 Å². The fourth-order valence-electron chi connectivity index (χ4n) is 5.79. The number of benzene rings is 2. The van der Waals surface area contributed by atoms with Crippen molar-refractivity contribution in [1.82, 2.24) is 9.13 Å². The lowest BCUT2D eigenvalue weighted by atomic mass is 9.95. The summed E-state index contributed by atoms with van der Waals surface area (Å²) in [4.78, 5) is 32.7. The van der Waals surface area contributed by atoms with Crippen LogP contribution in [0.4, 0.5) is 0 Å². The van der Waals surface area contributed by atoms with Gasteiger partial charge in [-0.1, -0.05) is 23.5 Å². The van der Waals surface area contributed by atoms with Gasteiger partial charge in [-0.15, -0.1) is 0 Å². The predicted molar refractivity (Wildman–Crippen MR) is 169 cm³/mol. The van der Waals surface area contributed by atoms with Gasteiger partial charge >= 0.3 is 5.97 Å². The molecule has 0 fully saturated rings. The van der Waals surface area contributed by atoms with E-state index in [2.05, 4.69) is 56.5 Å². The SMILES string of the molecule is CCOC(=O)C1=C(C)N=c2s/c(=C/c3cc(C)n(-c4cc(C)cc(C)c4)c3C)c(=O)n2[C@H]1c1ccc(OC)c(OCC)c1. The zero-order chi connectivity index (χ0) is 31.0. The summed E-state index contributed by atoms with van der Waals surface area (Å²) in [6.45, 7) is 14.4. The summed E-state index contributed by atoms with van der Waals surface area (Å²) in [5, 5.41) is 0. The first-order valence-electron chi connectivity index (χ1n) is 14.4. The van der Waals surface area contributed by atoms with E-state index in [1.807, 2.05) is 25.1 Å². The molecule has 1 atom stereocenters. The highest BCUT2D eigenvalue weighted by atomic mass is 32.1. The zero-order valence-corrected chi connectivity index (χ0v) is 26.7. The Balaban J connectivity index is 1.71. The number of esters is 1. The molecular formula is C34H37N3O5S. The van der Waals surface area contributed by atoms with E-state index in [1.54, 1.807) is 31.6 Å². The molecule has 224 valence electrons. The topological polar surface area (TPSA) is 84.1 Å². The molecule has 4 aromatic rings. The molecule has 5 rings (SSSR count). The maximum absolute atomic E-state index is 14.2. The largest absolute Gasteiger partial charge is 0.493 e. The number of nitrogens with zero attached hydrogens (tertiary/aromatic N) is 3. The molecule has 0 unspecified atom stereocenters. The summed E-state index contributed by atoms with van der Waals surface area (Å²) >= 11 is 1.31. The maximum Gasteiger partial charge on any atom is 0.338 e. The van der Waals surface area contributed by atoms with Crippen molar-refractivity contribution in [3.8, 4) is 17.2 Å². The number of carbonyl (C=O) groups excluding carboxylic acids is 1. The van der Waals surface area contributed by atoms with Crippen molar-refractivity contribution in [2.45, 2.75) is 54.5 Å². The Kier molecular flexibility index (Phi) is 8.46. The molecule has 1 aliphatic rings. The maximum atomic E-state index is 14.2. The molecule has 8 nitrogen and oxygen atoms in total. The van der Waals surface area contributed by atoms with Gasteiger partial charge in [0, 0.05) is 17.1 Å². The second-order valence-corrected chi connectivity index (χ2v) is 11.7. The van der Waals surface area contributed by atoms with Gasteiger partial charge < -0.3 is 18.8 Å². The molecule has 2 aromatic heterocycles. The van der Waals surface area contributed by atoms with E-state index >= 15 is 0 Å². The average Bonchev–Trinajstić information content (AvgIpc) is 3.41. The summed E-state index contributed by atoms with van der Waals surface area (Å²) in [5.74, 6) is 0.589. The van der Waals surface area contributed by atoms with Crippen LogP contribution in [-0.4, -0.2) is 35.4 Å². The third kappa shape index (κ3) is 5.57. The minimum absolute atomic E-state index is 0.204. The first kappa shape index (κ1) is 30.1. The van der Waals surface area contributed by atoms with Crippen LogP contribution in [0.2, 0.25) is 0 Å². The monoisotopic (exact) mass is 599 g/mol. The molecular weight excluding hydrogens is 562 g/mol. The number of aromatic nitrogens is 2. The standard InChI is InChI=1S/C34H37N3O5S/c1-9-41-28-17-24(11-12-27(28)40-8)31-30(33(39)42-10-2)22(6)35-34-37(31)32(38)29(43-34)18-25-16-21(5)36(23(25)7)26-14-19(3)13-20(4)15-26/h11-18,31H,9-10H2,1-8H3/b29-18+/t31-/m0/s1. The summed E-state index contributed by atoms with van der Waals surface area (Å²) in [6, 6.07) is 13.3. The third-order valence-electron chi connectivity index (χ3n) is 7.54. The van der Waals surface area contributed by atoms with E-state index in [-0.39, 0.29) is 12.2 Å². The Morgan fingerprint density at radius 1 is 0.977 bits per heavy atom. The van der Waals surface area contributed by atoms with Crippen LogP contribution < -0.4 is 24.4 Å². The Hall–Kier alpha value is -4.37. The summed E-state index contributed by atoms with van der Waals surface area (Å²) in [7, 11) is 1.58. The van der Waals surface area contributed by atoms with Gasteiger partial charge in [-0.25, -0.2) is 9.79 Å². The molecule has 0 spiro atoms. The molecule has 0 saturated carbocycles. The van der Waals surface area contributed by atoms with E-state index < -0.39 is 12.0 Å². The molecule has 0 radical (unpaired) electrons. The van der Waals surface area contributed by atoms with Crippen LogP contribution in [0.5, 0.6) is 11.5 Å². The highest BCUT2D eigenvalue weighted by Crippen LogP contribution is 2.36. The molecule has 0 N–H and O–H groups in total. The van der Waals surface area contributed by atoms with Crippen LogP contribution in [-0.2, 0) is 9.53 Å². The van der Waals surface area contributed by atoms with E-state index in [9.17, 15) is 9.59 Å². The first-order valence-corrected chi connectivity index (χ1v) is 15.2. The van der Waals surface area contributed by atoms with E-state index in [4.69, 9.17) is 19.2 Å². The number of fused-ring (bicyclic) bond motifs is 1. The van der Waals surface area contributed by atoms with Crippen LogP contribution in [0.15, 0.2) is 63.5 Å². The lowest BCUT2D eigenvalue weighted by Gasteiger charge is -2.25. The Bertz CT molecular complexity index is 1920. The molecule has 0 bridgehead atoms. The van der Waals surface area contributed by atoms with Crippen molar-refractivity contribution in [3.05, 3.63) is 107 Å². The smallest absolute Gasteiger partial charge is 0.338 e. The zero-order valence-electron chi connectivity index (χ0n) is 25.9. The van der Waals surface area contributed by atoms with Crippen molar-refractivity contribution >= 4 is 23.4 Å². The number of allylic oxidation sites excluding steroid dienone is 1. The fourth-order valence-corrected chi connectivity index (χ4v) is 6.83. The number of methoxy groups -OCH3 is 1. The number of rotatable bonds is 8. The number of hydrogen-bond acceptors (Lipinski definition) is 7. The third-order valence-corrected chi connectivity index (χ3v) is 8.52. The van der Waals surface area contributed by atoms with Crippen molar-refractivity contribution in [3.63, 3.8) is 0 Å². The van der Waals surface area contributed by atoms with E-state index in [0.717, 1.165) is 22.6 Å². The van der Waals surface area contributed by atoms with Gasteiger partial charge in [0.05, 0.1) is 42.2 Å². The highest BCUT2D eigenvalue weighted by Gasteiger charge is 2.34. The van der Waals surface area contributed by atoms with Crippen molar-refractivity contribution < 1.29 is 19.0 Å². The number of aryl methyl sites for hydroxylation is 3. The number of thiazole rings is 1. The predicted octanol–water partition coefficient (Wildman–Crippen LogP) is 5.23. The summed E-state index contributed by atoms with van der Waals surface area (Å²) in [6.07, 6.45) is 1.92. The fraction of sp³-hybridized carbons (Fsp3) is 0.324. The second-order valence-electron chi connectivity index (χ2n) is 10.7. The average molecular weight is 600 g/mol. The van der Waals surface area contributed by atoms with Crippen LogP contribution >= 0.6 is 11.3 Å². The normalized spacial score (nSPS) is 14.9. The second kappa shape index (κ2) is 12.1. The van der Waals surface area contributed by atoms with Crippen molar-refractivity contribution in [1.29, 1.82) is 0 Å². The minimum atomic E-state index is -0.745. The molecule has 3 heterocycles. The first-order chi connectivity index (χ1) is 20.6. The molecule has 0 amide bonds. The number of ether oxygens (including phenoxy) is 3. The van der Waals surface area contributed by atoms with Crippen LogP contribution in [0.1, 0.15) is 60.5 Å². The summed E-state index contributed by atoms with van der Waals surface area (Å²) < 4.78 is 21.1. The van der Waals surface area contributed by atoms with E-state index in [1.165, 1.54) is 22.5 Å². The Labute approximate surface area is 255 Å². The minimum Gasteiger partial charge on any atom is -0.493 e. The molecule has 0 aliphatic carbocycles. The Morgan fingerprint density at radius 2 is 1.70 bits per heavy atom. The van der Waals surface area contributed by atoms with Gasteiger partial charge in [0.2, 0.25) is 0 Å². The van der Waals surface area contributed by atoms with Crippen LogP contribution in [0, 0.1) is 27.7 Å². The number of hydrogen-bond donors (Lipinski definition) is 0. The lowest BCUT2D eigenvalue weighted by molar-refractivity contribution is -0.139. The van der Waals surface area contributed by atoms with Crippen LogP contribution in [0.3, 0.4) is 0 Å². The molecule has 1 aliphatic heterocycles. The lowest BCUT2D eigenvalue weighted by Crippen LogP contribution is -2.40. The van der Waals surface area contributed by atoms with Gasteiger partial charge in [-0.05, 0) is 107 Å². The van der Waals surface area contributed by atoms with E-state index in [0.29, 0.717) is 44.3 Å². The van der Waals surface area contributed by atoms with Crippen molar-refractivity contribution in [2.75, 3.05) is 20.3 Å². The molecule has 0 saturated heterocycles. The van der Waals surface area contributed by atoms with Gasteiger partial charge in [0.25, 0.3) is 5.56 Å². The number of carbonyl (C=O) groups is 1. The highest BCUT2D eigenvalue weighted by molar-refractivity contribution is 7.07. The van der Waals surface area contributed by atoms with Gasteiger partial charge in [0.15, 0.2) is 16.3 Å². The molecule has 9 heteroatoms. The molecule has 2 aromatic carbocycles. The van der Waals surface area contributed by atoms with Crippen molar-refractivity contribution in [2.24, 2.45) is 4.99 Å². The van der Waals surface area contributed by atoms with Gasteiger partial charge in [0.1, 0.15) is 0 Å².